The Morgan fingerprint density at radius 1 is 1.24 bits per heavy atom. The van der Waals surface area contributed by atoms with Gasteiger partial charge < -0.3 is 9.64 Å². The van der Waals surface area contributed by atoms with Crippen molar-refractivity contribution in [1.82, 2.24) is 14.9 Å². The van der Waals surface area contributed by atoms with Gasteiger partial charge in [0.2, 0.25) is 5.95 Å². The third kappa shape index (κ3) is 3.51. The van der Waals surface area contributed by atoms with Crippen LogP contribution in [0.4, 0.5) is 5.95 Å². The molecule has 0 spiro atoms. The summed E-state index contributed by atoms with van der Waals surface area (Å²) in [4.78, 5) is 13.9. The van der Waals surface area contributed by atoms with Gasteiger partial charge in [0.05, 0.1) is 12.1 Å². The van der Waals surface area contributed by atoms with Crippen LogP contribution in [0.2, 0.25) is 0 Å². The summed E-state index contributed by atoms with van der Waals surface area (Å²) in [7, 11) is 1.75. The van der Waals surface area contributed by atoms with Crippen LogP contribution in [0.25, 0.3) is 10.9 Å². The number of benzene rings is 1. The van der Waals surface area contributed by atoms with Crippen molar-refractivity contribution in [3.8, 4) is 0 Å². The Kier molecular flexibility index (Phi) is 4.67. The first-order valence-electron chi connectivity index (χ1n) is 7.15. The zero-order chi connectivity index (χ0) is 14.7. The number of fused-ring (bicyclic) bond motifs is 1. The molecule has 0 aliphatic carbocycles. The van der Waals surface area contributed by atoms with Gasteiger partial charge in [0.1, 0.15) is 0 Å². The van der Waals surface area contributed by atoms with E-state index in [1.165, 1.54) is 0 Å². The Morgan fingerprint density at radius 2 is 2.05 bits per heavy atom. The first-order chi connectivity index (χ1) is 10.3. The predicted octanol–water partition coefficient (Wildman–Crippen LogP) is 2.16. The van der Waals surface area contributed by atoms with Crippen LogP contribution in [-0.4, -0.2) is 61.3 Å². The molecule has 3 rings (SSSR count). The summed E-state index contributed by atoms with van der Waals surface area (Å²) in [6.45, 7) is 5.78. The summed E-state index contributed by atoms with van der Waals surface area (Å²) in [6, 6.07) is 6.09. The van der Waals surface area contributed by atoms with E-state index in [0.717, 1.165) is 60.7 Å². The number of ether oxygens (including phenoxy) is 1. The van der Waals surface area contributed by atoms with Crippen molar-refractivity contribution >= 4 is 32.8 Å². The summed E-state index contributed by atoms with van der Waals surface area (Å²) < 4.78 is 6.18. The van der Waals surface area contributed by atoms with Gasteiger partial charge >= 0.3 is 0 Å². The Bertz CT molecular complexity index is 614. The number of halogens is 1. The number of hydrogen-bond acceptors (Lipinski definition) is 5. The SMILES string of the molecule is COCCN1CCN(c2ncc3cc(Br)ccc3n2)CC1. The molecule has 0 unspecified atom stereocenters. The fourth-order valence-electron chi connectivity index (χ4n) is 2.54. The van der Waals surface area contributed by atoms with E-state index in [1.54, 1.807) is 7.11 Å². The molecule has 0 radical (unpaired) electrons. The minimum atomic E-state index is 0.793. The third-order valence-corrected chi connectivity index (χ3v) is 4.29. The Balaban J connectivity index is 1.69. The first kappa shape index (κ1) is 14.7. The molecule has 1 aromatic carbocycles. The second kappa shape index (κ2) is 6.68. The van der Waals surface area contributed by atoms with Crippen LogP contribution in [0, 0.1) is 0 Å². The minimum Gasteiger partial charge on any atom is -0.383 e. The molecule has 1 saturated heterocycles. The average molecular weight is 351 g/mol. The van der Waals surface area contributed by atoms with Gasteiger partial charge in [-0.25, -0.2) is 9.97 Å². The molecular formula is C15H19BrN4O. The zero-order valence-electron chi connectivity index (χ0n) is 12.1. The Morgan fingerprint density at radius 3 is 2.81 bits per heavy atom. The number of anilines is 1. The summed E-state index contributed by atoms with van der Waals surface area (Å²) in [5, 5.41) is 1.06. The smallest absolute Gasteiger partial charge is 0.225 e. The Labute approximate surface area is 133 Å². The molecule has 1 aliphatic heterocycles. The maximum atomic E-state index is 5.13. The van der Waals surface area contributed by atoms with Crippen LogP contribution in [0.1, 0.15) is 0 Å². The second-order valence-electron chi connectivity index (χ2n) is 5.19. The highest BCUT2D eigenvalue weighted by atomic mass is 79.9. The van der Waals surface area contributed by atoms with Gasteiger partial charge in [-0.05, 0) is 18.2 Å². The van der Waals surface area contributed by atoms with E-state index in [1.807, 2.05) is 24.4 Å². The normalized spacial score (nSPS) is 16.6. The lowest BCUT2D eigenvalue weighted by molar-refractivity contribution is 0.144. The number of nitrogens with zero attached hydrogens (tertiary/aromatic N) is 4. The Hall–Kier alpha value is -1.24. The van der Waals surface area contributed by atoms with E-state index < -0.39 is 0 Å². The van der Waals surface area contributed by atoms with Gasteiger partial charge in [0.15, 0.2) is 0 Å². The second-order valence-corrected chi connectivity index (χ2v) is 6.11. The van der Waals surface area contributed by atoms with Crippen LogP contribution in [0.3, 0.4) is 0 Å². The van der Waals surface area contributed by atoms with Gasteiger partial charge in [-0.1, -0.05) is 15.9 Å². The zero-order valence-corrected chi connectivity index (χ0v) is 13.7. The van der Waals surface area contributed by atoms with E-state index in [4.69, 9.17) is 4.74 Å². The predicted molar refractivity (Wildman–Crippen MR) is 87.8 cm³/mol. The highest BCUT2D eigenvalue weighted by Crippen LogP contribution is 2.20. The van der Waals surface area contributed by atoms with Crippen LogP contribution >= 0.6 is 15.9 Å². The number of piperazine rings is 1. The topological polar surface area (TPSA) is 41.5 Å². The van der Waals surface area contributed by atoms with Gasteiger partial charge in [-0.15, -0.1) is 0 Å². The van der Waals surface area contributed by atoms with Crippen LogP contribution in [0.5, 0.6) is 0 Å². The summed E-state index contributed by atoms with van der Waals surface area (Å²) in [6.07, 6.45) is 1.90. The van der Waals surface area contributed by atoms with Gasteiger partial charge in [-0.2, -0.15) is 0 Å². The highest BCUT2D eigenvalue weighted by molar-refractivity contribution is 9.10. The van der Waals surface area contributed by atoms with Crippen LogP contribution in [0.15, 0.2) is 28.9 Å². The summed E-state index contributed by atoms with van der Waals surface area (Å²) in [5.74, 6) is 0.830. The molecule has 0 atom stereocenters. The molecule has 0 saturated carbocycles. The lowest BCUT2D eigenvalue weighted by Crippen LogP contribution is -2.47. The minimum absolute atomic E-state index is 0.793. The van der Waals surface area contributed by atoms with Gasteiger partial charge in [0, 0.05) is 55.9 Å². The molecule has 21 heavy (non-hydrogen) atoms. The van der Waals surface area contributed by atoms with Crippen molar-refractivity contribution in [3.05, 3.63) is 28.9 Å². The molecule has 5 nitrogen and oxygen atoms in total. The van der Waals surface area contributed by atoms with Crippen molar-refractivity contribution in [2.24, 2.45) is 0 Å². The molecule has 1 aromatic heterocycles. The largest absolute Gasteiger partial charge is 0.383 e. The van der Waals surface area contributed by atoms with E-state index in [-0.39, 0.29) is 0 Å². The molecule has 6 heteroatoms. The fraction of sp³-hybridized carbons (Fsp3) is 0.467. The maximum Gasteiger partial charge on any atom is 0.225 e. The number of rotatable bonds is 4. The quantitative estimate of drug-likeness (QED) is 0.845. The molecule has 1 aliphatic rings. The monoisotopic (exact) mass is 350 g/mol. The average Bonchev–Trinajstić information content (AvgIpc) is 2.53. The molecule has 112 valence electrons. The van der Waals surface area contributed by atoms with Crippen molar-refractivity contribution in [2.45, 2.75) is 0 Å². The lowest BCUT2D eigenvalue weighted by Gasteiger charge is -2.34. The van der Waals surface area contributed by atoms with Gasteiger partial charge in [-0.3, -0.25) is 4.90 Å². The summed E-state index contributed by atoms with van der Waals surface area (Å²) >= 11 is 3.47. The number of methoxy groups -OCH3 is 1. The summed E-state index contributed by atoms with van der Waals surface area (Å²) in [5.41, 5.74) is 0.991. The molecule has 0 amide bonds. The lowest BCUT2D eigenvalue weighted by atomic mass is 10.2. The van der Waals surface area contributed by atoms with Crippen molar-refractivity contribution in [3.63, 3.8) is 0 Å². The van der Waals surface area contributed by atoms with E-state index in [9.17, 15) is 0 Å². The van der Waals surface area contributed by atoms with Crippen LogP contribution in [-0.2, 0) is 4.74 Å². The number of hydrogen-bond donors (Lipinski definition) is 0. The van der Waals surface area contributed by atoms with Crippen molar-refractivity contribution < 1.29 is 4.74 Å². The highest BCUT2D eigenvalue weighted by Gasteiger charge is 2.18. The van der Waals surface area contributed by atoms with E-state index >= 15 is 0 Å². The molecular weight excluding hydrogens is 332 g/mol. The van der Waals surface area contributed by atoms with Crippen LogP contribution < -0.4 is 4.90 Å². The number of aromatic nitrogens is 2. The molecule has 1 fully saturated rings. The van der Waals surface area contributed by atoms with E-state index in [0.29, 0.717) is 0 Å². The molecule has 0 N–H and O–H groups in total. The third-order valence-electron chi connectivity index (χ3n) is 3.80. The van der Waals surface area contributed by atoms with Crippen molar-refractivity contribution in [2.75, 3.05) is 51.3 Å². The maximum absolute atomic E-state index is 5.13. The molecule has 2 aromatic rings. The standard InChI is InChI=1S/C15H19BrN4O/c1-21-9-8-19-4-6-20(7-5-19)15-17-11-12-10-13(16)2-3-14(12)18-15/h2-3,10-11H,4-9H2,1H3. The van der Waals surface area contributed by atoms with Crippen molar-refractivity contribution in [1.29, 1.82) is 0 Å². The molecule has 2 heterocycles. The van der Waals surface area contributed by atoms with Gasteiger partial charge in [0.25, 0.3) is 0 Å². The first-order valence-corrected chi connectivity index (χ1v) is 7.94. The fourth-order valence-corrected chi connectivity index (χ4v) is 2.92. The molecule has 0 bridgehead atoms. The van der Waals surface area contributed by atoms with E-state index in [2.05, 4.69) is 35.7 Å².